The molecule has 0 atom stereocenters. The number of esters is 1. The molecule has 6 heteroatoms. The smallest absolute Gasteiger partial charge is 0.355 e. The summed E-state index contributed by atoms with van der Waals surface area (Å²) in [5.41, 5.74) is 9.51. The molecule has 2 aromatic rings. The Balaban J connectivity index is 1.90. The van der Waals surface area contributed by atoms with E-state index in [1.54, 1.807) is 6.07 Å². The minimum atomic E-state index is -0.385. The number of ether oxygens (including phenoxy) is 1. The van der Waals surface area contributed by atoms with Crippen LogP contribution in [-0.2, 0) is 17.7 Å². The van der Waals surface area contributed by atoms with Crippen molar-refractivity contribution in [2.24, 2.45) is 0 Å². The lowest BCUT2D eigenvalue weighted by molar-refractivity contribution is 0.0469. The summed E-state index contributed by atoms with van der Waals surface area (Å²) in [6.07, 6.45) is 2.14. The predicted octanol–water partition coefficient (Wildman–Crippen LogP) is 2.36. The van der Waals surface area contributed by atoms with E-state index in [4.69, 9.17) is 10.5 Å². The summed E-state index contributed by atoms with van der Waals surface area (Å²) in [6, 6.07) is 9.25. The first-order chi connectivity index (χ1) is 12.5. The van der Waals surface area contributed by atoms with E-state index in [2.05, 4.69) is 0 Å². The molecule has 1 aliphatic carbocycles. The molecule has 1 aromatic heterocycles. The van der Waals surface area contributed by atoms with Crippen LogP contribution in [0.5, 0.6) is 0 Å². The lowest BCUT2D eigenvalue weighted by atomic mass is 9.96. The molecular weight excluding hydrogens is 330 g/mol. The molecule has 0 amide bonds. The molecule has 26 heavy (non-hydrogen) atoms. The molecule has 1 aromatic carbocycles. The van der Waals surface area contributed by atoms with E-state index >= 15 is 0 Å². The van der Waals surface area contributed by atoms with Crippen LogP contribution in [0.1, 0.15) is 44.9 Å². The number of hydrogen-bond donors (Lipinski definition) is 1. The van der Waals surface area contributed by atoms with Crippen molar-refractivity contribution in [2.75, 3.05) is 33.0 Å². The number of carbonyl (C=O) groups excluding carboxylic acids is 2. The summed E-state index contributed by atoms with van der Waals surface area (Å²) in [6.45, 7) is 1.49. The van der Waals surface area contributed by atoms with E-state index in [0.29, 0.717) is 43.1 Å². The molecule has 0 bridgehead atoms. The van der Waals surface area contributed by atoms with E-state index in [-0.39, 0.29) is 11.8 Å². The first kappa shape index (κ1) is 18.2. The van der Waals surface area contributed by atoms with Gasteiger partial charge in [-0.3, -0.25) is 4.79 Å². The van der Waals surface area contributed by atoms with E-state index in [1.807, 2.05) is 47.8 Å². The van der Waals surface area contributed by atoms with E-state index in [9.17, 15) is 9.59 Å². The van der Waals surface area contributed by atoms with Crippen LogP contribution in [0.25, 0.3) is 0 Å². The normalized spacial score (nSPS) is 13.7. The third-order valence-corrected chi connectivity index (χ3v) is 4.63. The van der Waals surface area contributed by atoms with Crippen molar-refractivity contribution >= 4 is 17.4 Å². The SMILES string of the molecule is CN(C)CCOC(=O)c1cc2c(n1Cc1ccc(N)cc1)CCCC2=O. The Bertz CT molecular complexity index is 806. The van der Waals surface area contributed by atoms with Gasteiger partial charge >= 0.3 is 5.97 Å². The first-order valence-corrected chi connectivity index (χ1v) is 8.87. The highest BCUT2D eigenvalue weighted by Gasteiger charge is 2.27. The number of benzene rings is 1. The Hall–Kier alpha value is -2.60. The van der Waals surface area contributed by atoms with Crippen LogP contribution < -0.4 is 5.73 Å². The van der Waals surface area contributed by atoms with Crippen LogP contribution in [-0.4, -0.2) is 48.5 Å². The Labute approximate surface area is 153 Å². The van der Waals surface area contributed by atoms with E-state index in [0.717, 1.165) is 24.1 Å². The highest BCUT2D eigenvalue weighted by molar-refractivity contribution is 6.01. The van der Waals surface area contributed by atoms with Gasteiger partial charge in [0.25, 0.3) is 0 Å². The van der Waals surface area contributed by atoms with Crippen molar-refractivity contribution in [1.29, 1.82) is 0 Å². The predicted molar refractivity (Wildman–Crippen MR) is 100 cm³/mol. The maximum atomic E-state index is 12.6. The van der Waals surface area contributed by atoms with Gasteiger partial charge in [0.05, 0.1) is 0 Å². The van der Waals surface area contributed by atoms with Crippen LogP contribution in [0, 0.1) is 0 Å². The molecule has 0 radical (unpaired) electrons. The molecule has 138 valence electrons. The lowest BCUT2D eigenvalue weighted by Crippen LogP contribution is -2.22. The quantitative estimate of drug-likeness (QED) is 0.636. The van der Waals surface area contributed by atoms with Gasteiger partial charge in [0.15, 0.2) is 5.78 Å². The largest absolute Gasteiger partial charge is 0.460 e. The standard InChI is InChI=1S/C20H25N3O3/c1-22(2)10-11-26-20(25)18-12-16-17(4-3-5-19(16)24)23(18)13-14-6-8-15(21)9-7-14/h6-9,12H,3-5,10-11,13,21H2,1-2H3. The Kier molecular flexibility index (Phi) is 5.42. The number of carbonyl (C=O) groups is 2. The summed E-state index contributed by atoms with van der Waals surface area (Å²) in [4.78, 5) is 26.9. The number of aromatic nitrogens is 1. The number of nitrogens with zero attached hydrogens (tertiary/aromatic N) is 2. The van der Waals surface area contributed by atoms with E-state index < -0.39 is 0 Å². The average molecular weight is 355 g/mol. The maximum absolute atomic E-state index is 12.6. The second kappa shape index (κ2) is 7.74. The molecule has 3 rings (SSSR count). The van der Waals surface area contributed by atoms with Crippen LogP contribution in [0.15, 0.2) is 30.3 Å². The molecule has 1 aliphatic rings. The first-order valence-electron chi connectivity index (χ1n) is 8.87. The Morgan fingerprint density at radius 2 is 1.96 bits per heavy atom. The highest BCUT2D eigenvalue weighted by atomic mass is 16.5. The average Bonchev–Trinajstić information content (AvgIpc) is 2.97. The topological polar surface area (TPSA) is 77.6 Å². The minimum absolute atomic E-state index is 0.102. The molecule has 0 saturated carbocycles. The fourth-order valence-electron chi connectivity index (χ4n) is 3.20. The van der Waals surface area contributed by atoms with Gasteiger partial charge in [0.2, 0.25) is 0 Å². The number of rotatable bonds is 6. The molecule has 0 unspecified atom stereocenters. The van der Waals surface area contributed by atoms with Gasteiger partial charge in [-0.05, 0) is 50.7 Å². The van der Waals surface area contributed by atoms with Crippen molar-refractivity contribution in [2.45, 2.75) is 25.8 Å². The second-order valence-corrected chi connectivity index (χ2v) is 6.93. The van der Waals surface area contributed by atoms with Gasteiger partial charge in [-0.2, -0.15) is 0 Å². The van der Waals surface area contributed by atoms with Gasteiger partial charge in [-0.1, -0.05) is 12.1 Å². The van der Waals surface area contributed by atoms with Gasteiger partial charge < -0.3 is 19.9 Å². The number of nitrogens with two attached hydrogens (primary N) is 1. The minimum Gasteiger partial charge on any atom is -0.460 e. The molecule has 1 heterocycles. The van der Waals surface area contributed by atoms with Crippen molar-refractivity contribution in [1.82, 2.24) is 9.47 Å². The summed E-state index contributed by atoms with van der Waals surface area (Å²) in [5, 5.41) is 0. The molecule has 0 aliphatic heterocycles. The van der Waals surface area contributed by atoms with Gasteiger partial charge in [0, 0.05) is 36.5 Å². The van der Waals surface area contributed by atoms with Gasteiger partial charge in [-0.25, -0.2) is 4.79 Å². The van der Waals surface area contributed by atoms with Crippen molar-refractivity contribution < 1.29 is 14.3 Å². The number of Topliss-reactive ketones (excluding diaryl/α,β-unsaturated/α-hetero) is 1. The molecule has 0 spiro atoms. The zero-order chi connectivity index (χ0) is 18.7. The van der Waals surface area contributed by atoms with Crippen molar-refractivity contribution in [3.05, 3.63) is 52.8 Å². The molecule has 0 saturated heterocycles. The summed E-state index contributed by atoms with van der Waals surface area (Å²) < 4.78 is 7.34. The van der Waals surface area contributed by atoms with Crippen LogP contribution in [0.3, 0.4) is 0 Å². The Morgan fingerprint density at radius 3 is 2.65 bits per heavy atom. The van der Waals surface area contributed by atoms with Crippen molar-refractivity contribution in [3.8, 4) is 0 Å². The van der Waals surface area contributed by atoms with Crippen LogP contribution >= 0.6 is 0 Å². The van der Waals surface area contributed by atoms with Crippen LogP contribution in [0.2, 0.25) is 0 Å². The van der Waals surface area contributed by atoms with Gasteiger partial charge in [0.1, 0.15) is 12.3 Å². The number of hydrogen-bond acceptors (Lipinski definition) is 5. The number of likely N-dealkylation sites (N-methyl/N-ethyl adjacent to an activating group) is 1. The zero-order valence-electron chi connectivity index (χ0n) is 15.3. The molecule has 6 nitrogen and oxygen atoms in total. The Morgan fingerprint density at radius 1 is 1.23 bits per heavy atom. The summed E-state index contributed by atoms with van der Waals surface area (Å²) in [7, 11) is 3.85. The highest BCUT2D eigenvalue weighted by Crippen LogP contribution is 2.27. The van der Waals surface area contributed by atoms with E-state index in [1.165, 1.54) is 0 Å². The van der Waals surface area contributed by atoms with Crippen molar-refractivity contribution in [3.63, 3.8) is 0 Å². The monoisotopic (exact) mass is 355 g/mol. The summed E-state index contributed by atoms with van der Waals surface area (Å²) >= 11 is 0. The van der Waals surface area contributed by atoms with Crippen LogP contribution in [0.4, 0.5) is 5.69 Å². The maximum Gasteiger partial charge on any atom is 0.355 e. The molecule has 2 N–H and O–H groups in total. The number of nitrogen functional groups attached to an aromatic ring is 1. The molecule has 0 fully saturated rings. The molecular formula is C20H25N3O3. The number of ketones is 1. The fraction of sp³-hybridized carbons (Fsp3) is 0.400. The lowest BCUT2D eigenvalue weighted by Gasteiger charge is -2.17. The second-order valence-electron chi connectivity index (χ2n) is 6.93. The third kappa shape index (κ3) is 3.96. The van der Waals surface area contributed by atoms with Gasteiger partial charge in [-0.15, -0.1) is 0 Å². The number of anilines is 1. The third-order valence-electron chi connectivity index (χ3n) is 4.63. The summed E-state index contributed by atoms with van der Waals surface area (Å²) in [5.74, 6) is -0.283. The zero-order valence-corrected chi connectivity index (χ0v) is 15.3. The fourth-order valence-corrected chi connectivity index (χ4v) is 3.20. The number of fused-ring (bicyclic) bond motifs is 1.